The van der Waals surface area contributed by atoms with Gasteiger partial charge in [-0.3, -0.25) is 4.72 Å². The third-order valence-corrected chi connectivity index (χ3v) is 3.51. The quantitative estimate of drug-likeness (QED) is 0.666. The monoisotopic (exact) mass is 284 g/mol. The minimum atomic E-state index is -3.75. The molecule has 0 saturated carbocycles. The zero-order valence-corrected chi connectivity index (χ0v) is 11.1. The molecule has 19 heavy (non-hydrogen) atoms. The molecule has 104 valence electrons. The molecule has 8 heteroatoms. The predicted molar refractivity (Wildman–Crippen MR) is 73.5 cm³/mol. The molecule has 0 spiro atoms. The van der Waals surface area contributed by atoms with E-state index >= 15 is 0 Å². The number of unbranched alkanes of at least 4 members (excludes halogenated alkanes) is 1. The largest absolute Gasteiger partial charge is 0.493 e. The van der Waals surface area contributed by atoms with Crippen molar-refractivity contribution in [1.82, 2.24) is 0 Å². The second kappa shape index (κ2) is 5.45. The smallest absolute Gasteiger partial charge is 0.344 e. The van der Waals surface area contributed by atoms with Gasteiger partial charge in [0.05, 0.1) is 17.9 Å². The Morgan fingerprint density at radius 3 is 2.84 bits per heavy atom. The molecule has 0 aromatic heterocycles. The molecule has 1 aliphatic rings. The van der Waals surface area contributed by atoms with Gasteiger partial charge in [0, 0.05) is 0 Å². The number of amidine groups is 1. The molecular weight excluding hydrogens is 268 g/mol. The van der Waals surface area contributed by atoms with Gasteiger partial charge in [-0.25, -0.2) is 0 Å². The Kier molecular flexibility index (Phi) is 3.91. The molecule has 5 N–H and O–H groups in total. The predicted octanol–water partition coefficient (Wildman–Crippen LogP) is 0.180. The zero-order chi connectivity index (χ0) is 13.9. The van der Waals surface area contributed by atoms with Crippen LogP contribution < -0.4 is 20.9 Å². The van der Waals surface area contributed by atoms with E-state index in [1.807, 2.05) is 0 Å². The molecule has 1 aliphatic heterocycles. The fourth-order valence-corrected chi connectivity index (χ4v) is 2.61. The lowest BCUT2D eigenvalue weighted by molar-refractivity contribution is 0.307. The number of nitrogens with one attached hydrogen (secondary N) is 1. The van der Waals surface area contributed by atoms with Gasteiger partial charge in [0.2, 0.25) is 0 Å². The highest BCUT2D eigenvalue weighted by atomic mass is 32.2. The number of hydrogen-bond donors (Lipinski definition) is 3. The standard InChI is InChI=1S/C11H16N4O3S/c12-6-1-2-7-18-9-5-3-4-8-10(9)11(13)15-19(16,17)14-8/h3-5,14H,1-2,6-7,12H2,(H2,13,15). The molecule has 1 aromatic carbocycles. The van der Waals surface area contributed by atoms with Gasteiger partial charge in [0.15, 0.2) is 5.84 Å². The summed E-state index contributed by atoms with van der Waals surface area (Å²) in [7, 11) is -3.75. The van der Waals surface area contributed by atoms with Crippen molar-refractivity contribution in [2.24, 2.45) is 15.9 Å². The first-order valence-corrected chi connectivity index (χ1v) is 7.32. The molecule has 1 heterocycles. The Balaban J connectivity index is 2.24. The topological polar surface area (TPSA) is 120 Å². The van der Waals surface area contributed by atoms with Gasteiger partial charge in [-0.15, -0.1) is 4.40 Å². The molecule has 0 aliphatic carbocycles. The van der Waals surface area contributed by atoms with Gasteiger partial charge in [0.1, 0.15) is 5.75 Å². The van der Waals surface area contributed by atoms with Crippen LogP contribution in [-0.4, -0.2) is 27.4 Å². The Morgan fingerprint density at radius 2 is 2.11 bits per heavy atom. The number of hydrogen-bond acceptors (Lipinski definition) is 5. The number of nitrogens with two attached hydrogens (primary N) is 2. The normalized spacial score (nSPS) is 16.2. The summed E-state index contributed by atoms with van der Waals surface area (Å²) in [6, 6.07) is 5.03. The third-order valence-electron chi connectivity index (χ3n) is 2.60. The summed E-state index contributed by atoms with van der Waals surface area (Å²) in [5, 5.41) is 0. The number of fused-ring (bicyclic) bond motifs is 1. The zero-order valence-electron chi connectivity index (χ0n) is 10.3. The Hall–Kier alpha value is -1.80. The second-order valence-corrected chi connectivity index (χ2v) is 5.41. The van der Waals surface area contributed by atoms with E-state index in [0.717, 1.165) is 12.8 Å². The first kappa shape index (κ1) is 13.6. The van der Waals surface area contributed by atoms with Gasteiger partial charge in [-0.05, 0) is 31.5 Å². The van der Waals surface area contributed by atoms with Crippen LogP contribution in [0.2, 0.25) is 0 Å². The molecule has 2 rings (SSSR count). The summed E-state index contributed by atoms with van der Waals surface area (Å²) >= 11 is 0. The summed E-state index contributed by atoms with van der Waals surface area (Å²) < 4.78 is 34.1. The number of nitrogens with zero attached hydrogens (tertiary/aromatic N) is 1. The van der Waals surface area contributed by atoms with Gasteiger partial charge >= 0.3 is 10.2 Å². The van der Waals surface area contributed by atoms with Crippen molar-refractivity contribution in [1.29, 1.82) is 0 Å². The molecule has 0 amide bonds. The van der Waals surface area contributed by atoms with Crippen LogP contribution in [0.5, 0.6) is 5.75 Å². The van der Waals surface area contributed by atoms with Crippen molar-refractivity contribution >= 4 is 21.7 Å². The Bertz CT molecular complexity index is 598. The van der Waals surface area contributed by atoms with E-state index in [1.54, 1.807) is 18.2 Å². The summed E-state index contributed by atoms with van der Waals surface area (Å²) in [5.41, 5.74) is 11.9. The van der Waals surface area contributed by atoms with Crippen molar-refractivity contribution in [3.05, 3.63) is 23.8 Å². The third kappa shape index (κ3) is 3.15. The number of ether oxygens (including phenoxy) is 1. The van der Waals surface area contributed by atoms with E-state index in [1.165, 1.54) is 0 Å². The maximum absolute atomic E-state index is 11.4. The van der Waals surface area contributed by atoms with E-state index < -0.39 is 10.2 Å². The van der Waals surface area contributed by atoms with Crippen molar-refractivity contribution in [3.8, 4) is 5.75 Å². The fourth-order valence-electron chi connectivity index (χ4n) is 1.77. The van der Waals surface area contributed by atoms with Crippen LogP contribution >= 0.6 is 0 Å². The van der Waals surface area contributed by atoms with Crippen LogP contribution in [-0.2, 0) is 10.2 Å². The average Bonchev–Trinajstić information content (AvgIpc) is 2.32. The van der Waals surface area contributed by atoms with E-state index in [2.05, 4.69) is 9.12 Å². The van der Waals surface area contributed by atoms with Crippen molar-refractivity contribution < 1.29 is 13.2 Å². The fraction of sp³-hybridized carbons (Fsp3) is 0.364. The molecule has 0 saturated heterocycles. The van der Waals surface area contributed by atoms with Crippen LogP contribution in [0.4, 0.5) is 5.69 Å². The lowest BCUT2D eigenvalue weighted by Crippen LogP contribution is -2.27. The number of rotatable bonds is 5. The molecule has 0 fully saturated rings. The first-order chi connectivity index (χ1) is 9.03. The number of anilines is 1. The van der Waals surface area contributed by atoms with Gasteiger partial charge in [-0.1, -0.05) is 6.07 Å². The van der Waals surface area contributed by atoms with E-state index in [-0.39, 0.29) is 5.84 Å². The van der Waals surface area contributed by atoms with Crippen LogP contribution in [0.3, 0.4) is 0 Å². The van der Waals surface area contributed by atoms with Crippen LogP contribution in [0.1, 0.15) is 18.4 Å². The molecular formula is C11H16N4O3S. The highest BCUT2D eigenvalue weighted by Crippen LogP contribution is 2.30. The summed E-state index contributed by atoms with van der Waals surface area (Å²) in [4.78, 5) is 0. The minimum Gasteiger partial charge on any atom is -0.493 e. The molecule has 7 nitrogen and oxygen atoms in total. The van der Waals surface area contributed by atoms with Gasteiger partial charge < -0.3 is 16.2 Å². The van der Waals surface area contributed by atoms with Crippen LogP contribution in [0.25, 0.3) is 0 Å². The average molecular weight is 284 g/mol. The Morgan fingerprint density at radius 1 is 1.32 bits per heavy atom. The highest BCUT2D eigenvalue weighted by molar-refractivity contribution is 7.91. The molecule has 0 atom stereocenters. The van der Waals surface area contributed by atoms with Gasteiger partial charge in [0.25, 0.3) is 0 Å². The maximum atomic E-state index is 11.4. The second-order valence-electron chi connectivity index (χ2n) is 4.08. The highest BCUT2D eigenvalue weighted by Gasteiger charge is 2.24. The number of benzene rings is 1. The summed E-state index contributed by atoms with van der Waals surface area (Å²) in [6.07, 6.45) is 1.69. The molecule has 1 aromatic rings. The lowest BCUT2D eigenvalue weighted by Gasteiger charge is -2.19. The lowest BCUT2D eigenvalue weighted by atomic mass is 10.1. The Labute approximate surface area is 111 Å². The van der Waals surface area contributed by atoms with Crippen LogP contribution in [0.15, 0.2) is 22.6 Å². The van der Waals surface area contributed by atoms with Crippen LogP contribution in [0, 0.1) is 0 Å². The molecule has 0 unspecified atom stereocenters. The minimum absolute atomic E-state index is 0.0665. The van der Waals surface area contributed by atoms with Gasteiger partial charge in [-0.2, -0.15) is 8.42 Å². The van der Waals surface area contributed by atoms with Crippen molar-refractivity contribution in [2.45, 2.75) is 12.8 Å². The van der Waals surface area contributed by atoms with E-state index in [0.29, 0.717) is 30.2 Å². The van der Waals surface area contributed by atoms with E-state index in [4.69, 9.17) is 16.2 Å². The van der Waals surface area contributed by atoms with Crippen molar-refractivity contribution in [3.63, 3.8) is 0 Å². The van der Waals surface area contributed by atoms with E-state index in [9.17, 15) is 8.42 Å². The SMILES string of the molecule is NCCCCOc1cccc2c1C(N)=NS(=O)(=O)N2. The molecule has 0 bridgehead atoms. The van der Waals surface area contributed by atoms with Crippen molar-refractivity contribution in [2.75, 3.05) is 17.9 Å². The molecule has 0 radical (unpaired) electrons. The maximum Gasteiger partial charge on any atom is 0.344 e. The summed E-state index contributed by atoms with van der Waals surface area (Å²) in [6.45, 7) is 1.10. The summed E-state index contributed by atoms with van der Waals surface area (Å²) in [5.74, 6) is 0.446. The first-order valence-electron chi connectivity index (χ1n) is 5.88.